The Morgan fingerprint density at radius 1 is 1.31 bits per heavy atom. The van der Waals surface area contributed by atoms with Crippen molar-refractivity contribution in [3.05, 3.63) is 36.2 Å². The van der Waals surface area contributed by atoms with Gasteiger partial charge in [-0.15, -0.1) is 5.10 Å². The van der Waals surface area contributed by atoms with Crippen LogP contribution < -0.4 is 5.73 Å². The second-order valence-electron chi connectivity index (χ2n) is 3.58. The first-order valence-corrected chi connectivity index (χ1v) is 4.92. The molecule has 0 amide bonds. The van der Waals surface area contributed by atoms with Crippen LogP contribution in [0.25, 0.3) is 17.2 Å². The molecule has 2 N–H and O–H groups in total. The lowest BCUT2D eigenvalue weighted by Crippen LogP contribution is -1.92. The standard InChI is InChI=1S/C11H10N4O/c1-7-4-5-9(16-7)10-13-11-8(12)3-2-6-15(11)14-10/h2-6H,12H2,1H3. The Bertz CT molecular complexity index is 653. The average Bonchev–Trinajstić information content (AvgIpc) is 2.84. The first-order chi connectivity index (χ1) is 7.74. The second kappa shape index (κ2) is 3.10. The van der Waals surface area contributed by atoms with Crippen molar-refractivity contribution >= 4 is 11.3 Å². The van der Waals surface area contributed by atoms with Crippen LogP contribution >= 0.6 is 0 Å². The molecular weight excluding hydrogens is 204 g/mol. The van der Waals surface area contributed by atoms with Crippen LogP contribution in [-0.4, -0.2) is 14.6 Å². The molecule has 0 aromatic carbocycles. The number of nitrogens with zero attached hydrogens (tertiary/aromatic N) is 3. The van der Waals surface area contributed by atoms with Crippen molar-refractivity contribution in [3.8, 4) is 11.6 Å². The Morgan fingerprint density at radius 3 is 2.88 bits per heavy atom. The van der Waals surface area contributed by atoms with Crippen molar-refractivity contribution in [2.24, 2.45) is 0 Å². The van der Waals surface area contributed by atoms with Gasteiger partial charge in [-0.3, -0.25) is 0 Å². The summed E-state index contributed by atoms with van der Waals surface area (Å²) in [5, 5.41) is 4.29. The van der Waals surface area contributed by atoms with Gasteiger partial charge in [0.2, 0.25) is 5.82 Å². The molecule has 5 nitrogen and oxygen atoms in total. The Morgan fingerprint density at radius 2 is 2.19 bits per heavy atom. The highest BCUT2D eigenvalue weighted by Crippen LogP contribution is 2.20. The molecule has 80 valence electrons. The zero-order valence-corrected chi connectivity index (χ0v) is 8.71. The van der Waals surface area contributed by atoms with Crippen LogP contribution in [0.4, 0.5) is 5.69 Å². The Labute approximate surface area is 91.5 Å². The number of rotatable bonds is 1. The van der Waals surface area contributed by atoms with Crippen LogP contribution in [0.15, 0.2) is 34.9 Å². The predicted molar refractivity (Wildman–Crippen MR) is 59.8 cm³/mol. The van der Waals surface area contributed by atoms with Crippen LogP contribution in [0.2, 0.25) is 0 Å². The van der Waals surface area contributed by atoms with Gasteiger partial charge in [-0.1, -0.05) is 0 Å². The summed E-state index contributed by atoms with van der Waals surface area (Å²) in [5.41, 5.74) is 7.05. The van der Waals surface area contributed by atoms with E-state index in [2.05, 4.69) is 10.1 Å². The fourth-order valence-electron chi connectivity index (χ4n) is 1.59. The largest absolute Gasteiger partial charge is 0.458 e. The molecule has 0 spiro atoms. The van der Waals surface area contributed by atoms with E-state index in [4.69, 9.17) is 10.2 Å². The minimum Gasteiger partial charge on any atom is -0.458 e. The maximum absolute atomic E-state index is 5.80. The second-order valence-corrected chi connectivity index (χ2v) is 3.58. The van der Waals surface area contributed by atoms with E-state index in [0.29, 0.717) is 22.9 Å². The Kier molecular flexibility index (Phi) is 1.73. The number of pyridine rings is 1. The molecule has 0 atom stereocenters. The van der Waals surface area contributed by atoms with E-state index in [1.165, 1.54) is 0 Å². The van der Waals surface area contributed by atoms with Gasteiger partial charge in [0.05, 0.1) is 5.69 Å². The molecule has 3 heterocycles. The van der Waals surface area contributed by atoms with E-state index in [0.717, 1.165) is 5.76 Å². The third-order valence-electron chi connectivity index (χ3n) is 2.35. The first kappa shape index (κ1) is 8.96. The van der Waals surface area contributed by atoms with Gasteiger partial charge in [-0.2, -0.15) is 0 Å². The Balaban J connectivity index is 2.22. The van der Waals surface area contributed by atoms with Crippen molar-refractivity contribution in [1.82, 2.24) is 14.6 Å². The smallest absolute Gasteiger partial charge is 0.217 e. The molecule has 0 saturated heterocycles. The number of aromatic nitrogens is 3. The highest BCUT2D eigenvalue weighted by Gasteiger charge is 2.10. The van der Waals surface area contributed by atoms with E-state index in [1.54, 1.807) is 16.8 Å². The average molecular weight is 214 g/mol. The van der Waals surface area contributed by atoms with Gasteiger partial charge in [0.25, 0.3) is 0 Å². The molecule has 0 unspecified atom stereocenters. The third kappa shape index (κ3) is 1.25. The maximum atomic E-state index is 5.80. The number of aryl methyl sites for hydroxylation is 1. The van der Waals surface area contributed by atoms with Crippen LogP contribution in [0, 0.1) is 6.92 Å². The number of nitrogen functional groups attached to an aromatic ring is 1. The van der Waals surface area contributed by atoms with Crippen LogP contribution in [0.1, 0.15) is 5.76 Å². The highest BCUT2D eigenvalue weighted by molar-refractivity contribution is 5.66. The van der Waals surface area contributed by atoms with E-state index in [1.807, 2.05) is 25.1 Å². The monoisotopic (exact) mass is 214 g/mol. The van der Waals surface area contributed by atoms with E-state index >= 15 is 0 Å². The number of hydrogen-bond donors (Lipinski definition) is 1. The summed E-state index contributed by atoms with van der Waals surface area (Å²) in [7, 11) is 0. The molecule has 0 saturated carbocycles. The van der Waals surface area contributed by atoms with Crippen molar-refractivity contribution in [3.63, 3.8) is 0 Å². The minimum absolute atomic E-state index is 0.547. The molecule has 0 aliphatic rings. The summed E-state index contributed by atoms with van der Waals surface area (Å²) < 4.78 is 7.10. The summed E-state index contributed by atoms with van der Waals surface area (Å²) >= 11 is 0. The fourth-order valence-corrected chi connectivity index (χ4v) is 1.59. The zero-order chi connectivity index (χ0) is 11.1. The summed E-state index contributed by atoms with van der Waals surface area (Å²) in [6.07, 6.45) is 1.80. The first-order valence-electron chi connectivity index (χ1n) is 4.92. The molecule has 0 bridgehead atoms. The maximum Gasteiger partial charge on any atom is 0.217 e. The summed E-state index contributed by atoms with van der Waals surface area (Å²) in [6, 6.07) is 7.35. The molecule has 3 aromatic rings. The molecule has 3 rings (SSSR count). The topological polar surface area (TPSA) is 69.3 Å². The number of hydrogen-bond acceptors (Lipinski definition) is 4. The van der Waals surface area contributed by atoms with Crippen molar-refractivity contribution in [2.75, 3.05) is 5.73 Å². The van der Waals surface area contributed by atoms with Gasteiger partial charge in [-0.05, 0) is 31.2 Å². The van der Waals surface area contributed by atoms with E-state index in [-0.39, 0.29) is 0 Å². The van der Waals surface area contributed by atoms with Gasteiger partial charge in [0.1, 0.15) is 5.76 Å². The number of fused-ring (bicyclic) bond motifs is 1. The van der Waals surface area contributed by atoms with Crippen LogP contribution in [0.5, 0.6) is 0 Å². The minimum atomic E-state index is 0.547. The van der Waals surface area contributed by atoms with Crippen molar-refractivity contribution < 1.29 is 4.42 Å². The van der Waals surface area contributed by atoms with Gasteiger partial charge in [-0.25, -0.2) is 9.50 Å². The third-order valence-corrected chi connectivity index (χ3v) is 2.35. The quantitative estimate of drug-likeness (QED) is 0.671. The molecule has 0 aliphatic carbocycles. The highest BCUT2D eigenvalue weighted by atomic mass is 16.3. The predicted octanol–water partition coefficient (Wildman–Crippen LogP) is 1.88. The number of furan rings is 1. The van der Waals surface area contributed by atoms with Crippen molar-refractivity contribution in [1.29, 1.82) is 0 Å². The van der Waals surface area contributed by atoms with Crippen molar-refractivity contribution in [2.45, 2.75) is 6.92 Å². The van der Waals surface area contributed by atoms with E-state index in [9.17, 15) is 0 Å². The van der Waals surface area contributed by atoms with Gasteiger partial charge < -0.3 is 10.2 Å². The van der Waals surface area contributed by atoms with Gasteiger partial charge in [0, 0.05) is 6.20 Å². The molecule has 0 aliphatic heterocycles. The van der Waals surface area contributed by atoms with Crippen LogP contribution in [-0.2, 0) is 0 Å². The summed E-state index contributed by atoms with van der Waals surface area (Å²) in [5.74, 6) is 2.04. The molecule has 0 radical (unpaired) electrons. The lowest BCUT2D eigenvalue weighted by Gasteiger charge is -1.92. The SMILES string of the molecule is Cc1ccc(-c2nc3c(N)cccn3n2)o1. The summed E-state index contributed by atoms with van der Waals surface area (Å²) in [4.78, 5) is 4.33. The normalized spacial score (nSPS) is 11.1. The number of anilines is 1. The molecule has 5 heteroatoms. The molecular formula is C11H10N4O. The number of nitrogens with two attached hydrogens (primary N) is 1. The zero-order valence-electron chi connectivity index (χ0n) is 8.71. The lowest BCUT2D eigenvalue weighted by atomic mass is 10.4. The molecule has 3 aromatic heterocycles. The lowest BCUT2D eigenvalue weighted by molar-refractivity contribution is 0.544. The molecule has 16 heavy (non-hydrogen) atoms. The van der Waals surface area contributed by atoms with Gasteiger partial charge >= 0.3 is 0 Å². The van der Waals surface area contributed by atoms with Crippen LogP contribution in [0.3, 0.4) is 0 Å². The van der Waals surface area contributed by atoms with E-state index < -0.39 is 0 Å². The molecule has 0 fully saturated rings. The van der Waals surface area contributed by atoms with Gasteiger partial charge in [0.15, 0.2) is 11.4 Å². The summed E-state index contributed by atoms with van der Waals surface area (Å²) in [6.45, 7) is 1.88. The fraction of sp³-hybridized carbons (Fsp3) is 0.0909. The Hall–Kier alpha value is -2.30.